The van der Waals surface area contributed by atoms with Crippen LogP contribution in [-0.2, 0) is 5.41 Å². The van der Waals surface area contributed by atoms with E-state index < -0.39 is 0 Å². The Labute approximate surface area is 364 Å². The number of benzene rings is 10. The minimum Gasteiger partial charge on any atom is -0.310 e. The number of rotatable bonds is 6. The van der Waals surface area contributed by atoms with Crippen molar-refractivity contribution in [1.82, 2.24) is 0 Å². The summed E-state index contributed by atoms with van der Waals surface area (Å²) >= 11 is 0. The molecular weight excluding hydrogens is 747 g/mol. The molecule has 1 spiro atoms. The molecule has 2 aliphatic carbocycles. The zero-order valence-corrected chi connectivity index (χ0v) is 35.1. The molecule has 12 rings (SSSR count). The summed E-state index contributed by atoms with van der Waals surface area (Å²) in [6.45, 7) is 2.21. The van der Waals surface area contributed by atoms with Gasteiger partial charge in [0.05, 0.1) is 0 Å². The van der Waals surface area contributed by atoms with Crippen molar-refractivity contribution in [3.05, 3.63) is 223 Å². The number of aryl methyl sites for hydroxylation is 1. The molecule has 1 saturated carbocycles. The zero-order chi connectivity index (χ0) is 41.2. The van der Waals surface area contributed by atoms with Gasteiger partial charge in [0.1, 0.15) is 0 Å². The molecule has 2 aliphatic rings. The van der Waals surface area contributed by atoms with Gasteiger partial charge in [-0.05, 0) is 156 Å². The molecule has 1 fully saturated rings. The molecular formula is C61H47N. The molecule has 0 aromatic heterocycles. The highest BCUT2D eigenvalue weighted by Crippen LogP contribution is 2.57. The molecule has 0 N–H and O–H groups in total. The van der Waals surface area contributed by atoms with Gasteiger partial charge in [0.15, 0.2) is 0 Å². The SMILES string of the molecule is Cc1cccc(N(c2ccc3c(c2)C2(CCCCC2)c2ccccc2-3)c2ccc3c(c2)c2ccccc2c2c(-c4ccccc4)cc(-c4ccccc4)c(-c4ccccc4)c32)c1. The molecule has 0 radical (unpaired) electrons. The monoisotopic (exact) mass is 793 g/mol. The molecule has 62 heavy (non-hydrogen) atoms. The fourth-order valence-electron chi connectivity index (χ4n) is 11.4. The molecule has 0 saturated heterocycles. The topological polar surface area (TPSA) is 3.24 Å². The Morgan fingerprint density at radius 2 is 0.935 bits per heavy atom. The van der Waals surface area contributed by atoms with Crippen molar-refractivity contribution in [2.45, 2.75) is 44.4 Å². The first-order valence-electron chi connectivity index (χ1n) is 22.4. The van der Waals surface area contributed by atoms with Crippen LogP contribution in [0.15, 0.2) is 206 Å². The Bertz CT molecular complexity index is 3320. The fraction of sp³-hybridized carbons (Fsp3) is 0.115. The third-order valence-corrected chi connectivity index (χ3v) is 14.1. The second-order valence-electron chi connectivity index (χ2n) is 17.6. The van der Waals surface area contributed by atoms with Gasteiger partial charge in [0.2, 0.25) is 0 Å². The van der Waals surface area contributed by atoms with Crippen LogP contribution in [0, 0.1) is 6.92 Å². The van der Waals surface area contributed by atoms with E-state index in [1.807, 2.05) is 0 Å². The first kappa shape index (κ1) is 36.6. The smallest absolute Gasteiger partial charge is 0.0468 e. The van der Waals surface area contributed by atoms with Gasteiger partial charge in [0.25, 0.3) is 0 Å². The maximum atomic E-state index is 2.55. The standard InChI is InChI=1S/C61H47N/c1-41-19-18-26-45(37-41)62(47-31-33-50-49-28-14-15-30-56(49)61(57(50)39-47)35-16-5-17-36-61)46-32-34-52-55(38-46)48-27-12-13-29-51(48)59-54(43-22-8-3-9-23-43)40-53(42-20-6-2-7-21-42)58(60(52)59)44-24-10-4-11-25-44/h2-4,6-15,18-34,37-40H,5,16-17,35-36H2,1H3. The van der Waals surface area contributed by atoms with E-state index in [-0.39, 0.29) is 5.41 Å². The van der Waals surface area contributed by atoms with E-state index in [0.717, 1.165) is 5.69 Å². The molecule has 1 heteroatoms. The van der Waals surface area contributed by atoms with E-state index >= 15 is 0 Å². The lowest BCUT2D eigenvalue weighted by molar-refractivity contribution is 0.353. The maximum Gasteiger partial charge on any atom is 0.0468 e. The first-order chi connectivity index (χ1) is 30.7. The van der Waals surface area contributed by atoms with Crippen molar-refractivity contribution < 1.29 is 0 Å². The Hall–Kier alpha value is -7.22. The van der Waals surface area contributed by atoms with Crippen LogP contribution in [0.5, 0.6) is 0 Å². The molecule has 0 heterocycles. The summed E-state index contributed by atoms with van der Waals surface area (Å²) in [7, 11) is 0. The highest BCUT2D eigenvalue weighted by Gasteiger charge is 2.44. The van der Waals surface area contributed by atoms with Gasteiger partial charge in [-0.25, -0.2) is 0 Å². The second-order valence-corrected chi connectivity index (χ2v) is 17.6. The largest absolute Gasteiger partial charge is 0.310 e. The summed E-state index contributed by atoms with van der Waals surface area (Å²) in [6, 6.07) is 77.4. The predicted molar refractivity (Wildman–Crippen MR) is 264 cm³/mol. The summed E-state index contributed by atoms with van der Waals surface area (Å²) in [5, 5.41) is 7.60. The van der Waals surface area contributed by atoms with Gasteiger partial charge in [-0.15, -0.1) is 0 Å². The van der Waals surface area contributed by atoms with E-state index in [1.54, 1.807) is 0 Å². The zero-order valence-electron chi connectivity index (χ0n) is 35.1. The lowest BCUT2D eigenvalue weighted by Crippen LogP contribution is -2.28. The molecule has 1 nitrogen and oxygen atoms in total. The average Bonchev–Trinajstić information content (AvgIpc) is 3.59. The van der Waals surface area contributed by atoms with Crippen molar-refractivity contribution in [2.75, 3.05) is 4.90 Å². The normalized spacial score (nSPS) is 14.0. The Morgan fingerprint density at radius 3 is 1.68 bits per heavy atom. The highest BCUT2D eigenvalue weighted by atomic mass is 15.1. The van der Waals surface area contributed by atoms with Gasteiger partial charge in [-0.3, -0.25) is 0 Å². The van der Waals surface area contributed by atoms with Gasteiger partial charge in [0, 0.05) is 22.5 Å². The van der Waals surface area contributed by atoms with Crippen LogP contribution in [0.3, 0.4) is 0 Å². The summed E-state index contributed by atoms with van der Waals surface area (Å²) in [5.41, 5.74) is 18.1. The maximum absolute atomic E-state index is 2.55. The first-order valence-corrected chi connectivity index (χ1v) is 22.4. The highest BCUT2D eigenvalue weighted by molar-refractivity contribution is 6.33. The second kappa shape index (κ2) is 14.8. The number of nitrogens with zero attached hydrogens (tertiary/aromatic N) is 1. The Kier molecular flexibility index (Phi) is 8.71. The number of hydrogen-bond acceptors (Lipinski definition) is 1. The third kappa shape index (κ3) is 5.76. The Balaban J connectivity index is 1.17. The molecule has 0 unspecified atom stereocenters. The van der Waals surface area contributed by atoms with Gasteiger partial charge >= 0.3 is 0 Å². The molecule has 296 valence electrons. The van der Waals surface area contributed by atoms with Crippen LogP contribution in [-0.4, -0.2) is 0 Å². The lowest BCUT2D eigenvalue weighted by Gasteiger charge is -2.36. The Morgan fingerprint density at radius 1 is 0.355 bits per heavy atom. The fourth-order valence-corrected chi connectivity index (χ4v) is 11.4. The number of fused-ring (bicyclic) bond motifs is 11. The van der Waals surface area contributed by atoms with Crippen LogP contribution >= 0.6 is 0 Å². The molecule has 0 atom stereocenters. The van der Waals surface area contributed by atoms with E-state index in [0.29, 0.717) is 0 Å². The predicted octanol–water partition coefficient (Wildman–Crippen LogP) is 17.2. The van der Waals surface area contributed by atoms with Crippen molar-refractivity contribution in [3.63, 3.8) is 0 Å². The van der Waals surface area contributed by atoms with Crippen LogP contribution in [0.1, 0.15) is 48.8 Å². The van der Waals surface area contributed by atoms with Crippen LogP contribution in [0.25, 0.3) is 76.8 Å². The molecule has 10 aromatic rings. The van der Waals surface area contributed by atoms with Gasteiger partial charge in [-0.2, -0.15) is 0 Å². The third-order valence-electron chi connectivity index (χ3n) is 14.1. The van der Waals surface area contributed by atoms with Crippen LogP contribution in [0.2, 0.25) is 0 Å². The minimum absolute atomic E-state index is 0.0672. The van der Waals surface area contributed by atoms with Crippen LogP contribution in [0.4, 0.5) is 17.1 Å². The average molecular weight is 794 g/mol. The number of anilines is 3. The van der Waals surface area contributed by atoms with E-state index in [2.05, 4.69) is 218 Å². The summed E-state index contributed by atoms with van der Waals surface area (Å²) in [5.74, 6) is 0. The molecule has 0 aliphatic heterocycles. The van der Waals surface area contributed by atoms with Crippen molar-refractivity contribution in [2.24, 2.45) is 0 Å². The van der Waals surface area contributed by atoms with Crippen molar-refractivity contribution >= 4 is 49.4 Å². The van der Waals surface area contributed by atoms with E-state index in [4.69, 9.17) is 0 Å². The lowest BCUT2D eigenvalue weighted by atomic mass is 9.68. The van der Waals surface area contributed by atoms with Crippen LogP contribution < -0.4 is 4.90 Å². The number of hydrogen-bond donors (Lipinski definition) is 0. The van der Waals surface area contributed by atoms with E-state index in [1.165, 1.54) is 137 Å². The molecule has 10 aromatic carbocycles. The van der Waals surface area contributed by atoms with Gasteiger partial charge < -0.3 is 4.90 Å². The molecule has 0 amide bonds. The summed E-state index contributed by atoms with van der Waals surface area (Å²) in [4.78, 5) is 2.51. The summed E-state index contributed by atoms with van der Waals surface area (Å²) < 4.78 is 0. The summed E-state index contributed by atoms with van der Waals surface area (Å²) in [6.07, 6.45) is 6.28. The quantitative estimate of drug-likeness (QED) is 0.152. The van der Waals surface area contributed by atoms with Crippen molar-refractivity contribution in [3.8, 4) is 44.5 Å². The van der Waals surface area contributed by atoms with Crippen molar-refractivity contribution in [1.29, 1.82) is 0 Å². The molecule has 0 bridgehead atoms. The van der Waals surface area contributed by atoms with Gasteiger partial charge in [-0.1, -0.05) is 183 Å². The van der Waals surface area contributed by atoms with E-state index in [9.17, 15) is 0 Å². The minimum atomic E-state index is 0.0672.